The molecule has 0 atom stereocenters. The maximum Gasteiger partial charge on any atom is 0.101 e. The minimum atomic E-state index is 0.649. The Kier molecular flexibility index (Phi) is 3.06. The van der Waals surface area contributed by atoms with Crippen LogP contribution in [-0.2, 0) is 0 Å². The normalized spacial score (nSPS) is 10.2. The number of nitrogens with zero attached hydrogens (tertiary/aromatic N) is 2. The van der Waals surface area contributed by atoms with Crippen molar-refractivity contribution in [3.63, 3.8) is 0 Å². The molecular weight excluding hydrogens is 246 g/mol. The molecule has 3 nitrogen and oxygen atoms in total. The van der Waals surface area contributed by atoms with Crippen LogP contribution in [0.25, 0.3) is 10.9 Å². The van der Waals surface area contributed by atoms with Gasteiger partial charge in [0.15, 0.2) is 0 Å². The van der Waals surface area contributed by atoms with Crippen molar-refractivity contribution in [1.29, 1.82) is 5.26 Å². The third-order valence-corrected chi connectivity index (χ3v) is 3.27. The van der Waals surface area contributed by atoms with Gasteiger partial charge in [0.1, 0.15) is 6.07 Å². The molecule has 0 radical (unpaired) electrons. The van der Waals surface area contributed by atoms with Crippen LogP contribution >= 0.6 is 0 Å². The van der Waals surface area contributed by atoms with Gasteiger partial charge in [-0.1, -0.05) is 18.2 Å². The number of aryl methyl sites for hydroxylation is 1. The Morgan fingerprint density at radius 2 is 2.00 bits per heavy atom. The number of aromatic nitrogens is 1. The number of para-hydroxylation sites is 1. The molecule has 2 aromatic carbocycles. The number of anilines is 2. The number of pyridine rings is 1. The molecule has 0 amide bonds. The van der Waals surface area contributed by atoms with E-state index in [1.165, 1.54) is 0 Å². The van der Waals surface area contributed by atoms with E-state index in [0.717, 1.165) is 27.8 Å². The molecule has 1 aromatic heterocycles. The lowest BCUT2D eigenvalue weighted by atomic mass is 10.1. The first-order valence-electron chi connectivity index (χ1n) is 6.39. The van der Waals surface area contributed by atoms with Crippen molar-refractivity contribution in [1.82, 2.24) is 4.98 Å². The molecule has 0 aliphatic carbocycles. The van der Waals surface area contributed by atoms with Gasteiger partial charge in [-0.25, -0.2) is 0 Å². The summed E-state index contributed by atoms with van der Waals surface area (Å²) in [6.07, 6.45) is 1.78. The Morgan fingerprint density at radius 3 is 2.85 bits per heavy atom. The molecule has 0 fully saturated rings. The lowest BCUT2D eigenvalue weighted by molar-refractivity contribution is 1.39. The summed E-state index contributed by atoms with van der Waals surface area (Å²) in [5.41, 5.74) is 4.48. The number of hydrogen-bond acceptors (Lipinski definition) is 3. The van der Waals surface area contributed by atoms with Gasteiger partial charge in [-0.15, -0.1) is 0 Å². The largest absolute Gasteiger partial charge is 0.354 e. The molecule has 0 aliphatic heterocycles. The SMILES string of the molecule is Cc1cccc(C#N)c1Nc1ccc2ncccc2c1. The molecule has 20 heavy (non-hydrogen) atoms. The molecule has 0 aliphatic rings. The zero-order chi connectivity index (χ0) is 13.9. The van der Waals surface area contributed by atoms with Crippen molar-refractivity contribution in [2.75, 3.05) is 5.32 Å². The van der Waals surface area contributed by atoms with Gasteiger partial charge in [-0.2, -0.15) is 5.26 Å². The van der Waals surface area contributed by atoms with Gasteiger partial charge in [0.25, 0.3) is 0 Å². The van der Waals surface area contributed by atoms with Crippen molar-refractivity contribution >= 4 is 22.3 Å². The van der Waals surface area contributed by atoms with Gasteiger partial charge in [-0.3, -0.25) is 4.98 Å². The summed E-state index contributed by atoms with van der Waals surface area (Å²) < 4.78 is 0. The Morgan fingerprint density at radius 1 is 1.10 bits per heavy atom. The van der Waals surface area contributed by atoms with E-state index in [1.54, 1.807) is 6.20 Å². The molecule has 1 N–H and O–H groups in total. The molecule has 3 rings (SSSR count). The first kappa shape index (κ1) is 12.2. The van der Waals surface area contributed by atoms with Crippen LogP contribution in [0.15, 0.2) is 54.7 Å². The second-order valence-electron chi connectivity index (χ2n) is 4.65. The average molecular weight is 259 g/mol. The quantitative estimate of drug-likeness (QED) is 0.751. The van der Waals surface area contributed by atoms with E-state index in [-0.39, 0.29) is 0 Å². The van der Waals surface area contributed by atoms with Gasteiger partial charge in [-0.05, 0) is 42.8 Å². The van der Waals surface area contributed by atoms with Gasteiger partial charge in [0, 0.05) is 17.3 Å². The highest BCUT2D eigenvalue weighted by atomic mass is 14.9. The van der Waals surface area contributed by atoms with E-state index >= 15 is 0 Å². The van der Waals surface area contributed by atoms with Crippen LogP contribution in [0.1, 0.15) is 11.1 Å². The summed E-state index contributed by atoms with van der Waals surface area (Å²) in [5.74, 6) is 0. The standard InChI is InChI=1S/C17H13N3/c1-12-4-2-5-14(11-18)17(12)20-15-7-8-16-13(10-15)6-3-9-19-16/h2-10,20H,1H3. The highest BCUT2D eigenvalue weighted by Gasteiger charge is 2.05. The first-order valence-corrected chi connectivity index (χ1v) is 6.39. The van der Waals surface area contributed by atoms with Gasteiger partial charge in [0.05, 0.1) is 16.8 Å². The van der Waals surface area contributed by atoms with Crippen LogP contribution in [0.5, 0.6) is 0 Å². The lowest BCUT2D eigenvalue weighted by Crippen LogP contribution is -1.96. The summed E-state index contributed by atoms with van der Waals surface area (Å²) in [4.78, 5) is 4.30. The summed E-state index contributed by atoms with van der Waals surface area (Å²) in [6.45, 7) is 1.99. The number of hydrogen-bond donors (Lipinski definition) is 1. The molecular formula is C17H13N3. The predicted octanol–water partition coefficient (Wildman–Crippen LogP) is 4.16. The van der Waals surface area contributed by atoms with E-state index < -0.39 is 0 Å². The Labute approximate surface area is 117 Å². The first-order chi connectivity index (χ1) is 9.78. The van der Waals surface area contributed by atoms with E-state index in [1.807, 2.05) is 55.5 Å². The maximum absolute atomic E-state index is 9.19. The molecule has 96 valence electrons. The smallest absolute Gasteiger partial charge is 0.101 e. The number of fused-ring (bicyclic) bond motifs is 1. The van der Waals surface area contributed by atoms with Crippen molar-refractivity contribution in [2.24, 2.45) is 0 Å². The fourth-order valence-electron chi connectivity index (χ4n) is 2.22. The van der Waals surface area contributed by atoms with E-state index in [2.05, 4.69) is 16.4 Å². The van der Waals surface area contributed by atoms with Crippen molar-refractivity contribution < 1.29 is 0 Å². The molecule has 1 heterocycles. The van der Waals surface area contributed by atoms with Crippen LogP contribution in [0, 0.1) is 18.3 Å². The number of benzene rings is 2. The molecule has 0 spiro atoms. The Bertz CT molecular complexity index is 816. The third-order valence-electron chi connectivity index (χ3n) is 3.27. The maximum atomic E-state index is 9.19. The van der Waals surface area contributed by atoms with Crippen LogP contribution in [0.2, 0.25) is 0 Å². The van der Waals surface area contributed by atoms with Crippen LogP contribution < -0.4 is 5.32 Å². The van der Waals surface area contributed by atoms with Gasteiger partial charge >= 0.3 is 0 Å². The average Bonchev–Trinajstić information content (AvgIpc) is 2.49. The van der Waals surface area contributed by atoms with Crippen molar-refractivity contribution in [3.8, 4) is 6.07 Å². The topological polar surface area (TPSA) is 48.7 Å². The third kappa shape index (κ3) is 2.19. The van der Waals surface area contributed by atoms with Crippen LogP contribution in [-0.4, -0.2) is 4.98 Å². The molecule has 0 saturated carbocycles. The number of nitrogens with one attached hydrogen (secondary N) is 1. The zero-order valence-electron chi connectivity index (χ0n) is 11.1. The second-order valence-corrected chi connectivity index (χ2v) is 4.65. The number of rotatable bonds is 2. The summed E-state index contributed by atoms with van der Waals surface area (Å²) >= 11 is 0. The highest BCUT2D eigenvalue weighted by molar-refractivity contribution is 5.84. The minimum Gasteiger partial charge on any atom is -0.354 e. The second kappa shape index (κ2) is 5.02. The highest BCUT2D eigenvalue weighted by Crippen LogP contribution is 2.26. The predicted molar refractivity (Wildman–Crippen MR) is 80.9 cm³/mol. The summed E-state index contributed by atoms with van der Waals surface area (Å²) in [6, 6.07) is 17.8. The van der Waals surface area contributed by atoms with E-state index in [4.69, 9.17) is 0 Å². The lowest BCUT2D eigenvalue weighted by Gasteiger charge is -2.11. The molecule has 0 bridgehead atoms. The van der Waals surface area contributed by atoms with Crippen LogP contribution in [0.3, 0.4) is 0 Å². The monoisotopic (exact) mass is 259 g/mol. The minimum absolute atomic E-state index is 0.649. The fraction of sp³-hybridized carbons (Fsp3) is 0.0588. The summed E-state index contributed by atoms with van der Waals surface area (Å²) in [7, 11) is 0. The zero-order valence-corrected chi connectivity index (χ0v) is 11.1. The molecule has 3 aromatic rings. The number of nitriles is 1. The fourth-order valence-corrected chi connectivity index (χ4v) is 2.22. The Balaban J connectivity index is 2.04. The van der Waals surface area contributed by atoms with Crippen molar-refractivity contribution in [3.05, 3.63) is 65.9 Å². The van der Waals surface area contributed by atoms with E-state index in [0.29, 0.717) is 5.56 Å². The van der Waals surface area contributed by atoms with Crippen LogP contribution in [0.4, 0.5) is 11.4 Å². The summed E-state index contributed by atoms with van der Waals surface area (Å²) in [5, 5.41) is 13.6. The van der Waals surface area contributed by atoms with Crippen molar-refractivity contribution in [2.45, 2.75) is 6.92 Å². The van der Waals surface area contributed by atoms with E-state index in [9.17, 15) is 5.26 Å². The molecule has 3 heteroatoms. The van der Waals surface area contributed by atoms with Gasteiger partial charge < -0.3 is 5.32 Å². The molecule has 0 unspecified atom stereocenters. The van der Waals surface area contributed by atoms with Gasteiger partial charge in [0.2, 0.25) is 0 Å². The molecule has 0 saturated heterocycles. The Hall–Kier alpha value is -2.86.